The van der Waals surface area contributed by atoms with Crippen LogP contribution in [-0.4, -0.2) is 14.1 Å². The highest BCUT2D eigenvalue weighted by molar-refractivity contribution is 6.49. The Hall–Kier alpha value is -0.803. The standard InChI is InChI=1S/C13H22O2Si/c1-13(2,3)11-8-6-7-10(9-14)12(11)15-16(4)5/h6-8,14,16H,9H2,1-5H3. The van der Waals surface area contributed by atoms with E-state index in [1.807, 2.05) is 12.1 Å². The lowest BCUT2D eigenvalue weighted by atomic mass is 9.85. The van der Waals surface area contributed by atoms with Gasteiger partial charge in [-0.3, -0.25) is 0 Å². The highest BCUT2D eigenvalue weighted by Gasteiger charge is 2.21. The Morgan fingerprint density at radius 1 is 1.25 bits per heavy atom. The summed E-state index contributed by atoms with van der Waals surface area (Å²) in [4.78, 5) is 0. The van der Waals surface area contributed by atoms with Crippen LogP contribution in [0.3, 0.4) is 0 Å². The third-order valence-electron chi connectivity index (χ3n) is 2.43. The van der Waals surface area contributed by atoms with Gasteiger partial charge in [-0.2, -0.15) is 0 Å². The van der Waals surface area contributed by atoms with Gasteiger partial charge < -0.3 is 9.53 Å². The smallest absolute Gasteiger partial charge is 0.229 e. The van der Waals surface area contributed by atoms with Gasteiger partial charge in [0.25, 0.3) is 0 Å². The van der Waals surface area contributed by atoms with Crippen molar-refractivity contribution in [3.8, 4) is 5.75 Å². The van der Waals surface area contributed by atoms with Gasteiger partial charge in [-0.15, -0.1) is 0 Å². The van der Waals surface area contributed by atoms with E-state index in [-0.39, 0.29) is 12.0 Å². The summed E-state index contributed by atoms with van der Waals surface area (Å²) < 4.78 is 5.97. The lowest BCUT2D eigenvalue weighted by Crippen LogP contribution is -2.19. The molecule has 0 fully saturated rings. The van der Waals surface area contributed by atoms with Gasteiger partial charge in [-0.05, 0) is 24.1 Å². The van der Waals surface area contributed by atoms with E-state index in [1.54, 1.807) is 0 Å². The van der Waals surface area contributed by atoms with Crippen LogP contribution in [0, 0.1) is 0 Å². The first kappa shape index (κ1) is 13.3. The van der Waals surface area contributed by atoms with Gasteiger partial charge >= 0.3 is 0 Å². The molecule has 1 rings (SSSR count). The molecule has 0 aliphatic carbocycles. The fourth-order valence-electron chi connectivity index (χ4n) is 1.67. The summed E-state index contributed by atoms with van der Waals surface area (Å²) in [6.45, 7) is 10.8. The molecule has 1 aromatic carbocycles. The molecule has 0 aromatic heterocycles. The topological polar surface area (TPSA) is 29.5 Å². The molecule has 1 aromatic rings. The van der Waals surface area contributed by atoms with Crippen LogP contribution in [0.1, 0.15) is 31.9 Å². The maximum absolute atomic E-state index is 9.36. The van der Waals surface area contributed by atoms with Crippen molar-refractivity contribution in [3.05, 3.63) is 29.3 Å². The van der Waals surface area contributed by atoms with Gasteiger partial charge in [0.1, 0.15) is 5.75 Å². The predicted octanol–water partition coefficient (Wildman–Crippen LogP) is 2.84. The van der Waals surface area contributed by atoms with Gasteiger partial charge in [0.05, 0.1) is 6.61 Å². The SMILES string of the molecule is C[SiH](C)Oc1c(CO)cccc1C(C)(C)C. The molecule has 90 valence electrons. The second-order valence-corrected chi connectivity index (χ2v) is 7.70. The predicted molar refractivity (Wildman–Crippen MR) is 70.6 cm³/mol. The van der Waals surface area contributed by atoms with Crippen LogP contribution in [0.2, 0.25) is 13.1 Å². The highest BCUT2D eigenvalue weighted by atomic mass is 28.3. The Kier molecular flexibility index (Phi) is 4.16. The molecule has 0 amide bonds. The normalized spacial score (nSPS) is 11.9. The zero-order chi connectivity index (χ0) is 12.3. The molecule has 0 saturated carbocycles. The molecule has 3 heteroatoms. The van der Waals surface area contributed by atoms with Crippen LogP contribution in [0.25, 0.3) is 0 Å². The van der Waals surface area contributed by atoms with Crippen LogP contribution < -0.4 is 4.43 Å². The number of rotatable bonds is 3. The first-order valence-electron chi connectivity index (χ1n) is 5.76. The van der Waals surface area contributed by atoms with E-state index in [0.29, 0.717) is 0 Å². The van der Waals surface area contributed by atoms with Crippen LogP contribution in [0.5, 0.6) is 5.75 Å². The van der Waals surface area contributed by atoms with Crippen LogP contribution in [0.4, 0.5) is 0 Å². The van der Waals surface area contributed by atoms with Crippen molar-refractivity contribution in [1.29, 1.82) is 0 Å². The van der Waals surface area contributed by atoms with E-state index in [2.05, 4.69) is 39.9 Å². The summed E-state index contributed by atoms with van der Waals surface area (Å²) in [6, 6.07) is 6.01. The molecular weight excluding hydrogens is 216 g/mol. The molecule has 1 N–H and O–H groups in total. The molecule has 0 unspecified atom stereocenters. The first-order chi connectivity index (χ1) is 7.36. The lowest BCUT2D eigenvalue weighted by molar-refractivity contribution is 0.277. The maximum atomic E-state index is 9.36. The van der Waals surface area contributed by atoms with Crippen molar-refractivity contribution in [2.45, 2.75) is 45.9 Å². The quantitative estimate of drug-likeness (QED) is 0.821. The molecule has 0 spiro atoms. The van der Waals surface area contributed by atoms with Crippen LogP contribution >= 0.6 is 0 Å². The van der Waals surface area contributed by atoms with E-state index in [1.165, 1.54) is 5.56 Å². The zero-order valence-electron chi connectivity index (χ0n) is 10.9. The largest absolute Gasteiger partial charge is 0.547 e. The Morgan fingerprint density at radius 2 is 1.88 bits per heavy atom. The molecule has 0 atom stereocenters. The summed E-state index contributed by atoms with van der Waals surface area (Å²) in [5.74, 6) is 0.902. The van der Waals surface area contributed by atoms with Gasteiger partial charge in [0, 0.05) is 5.56 Å². The van der Waals surface area contributed by atoms with Gasteiger partial charge in [-0.1, -0.05) is 39.0 Å². The maximum Gasteiger partial charge on any atom is 0.229 e. The molecular formula is C13H22O2Si. The van der Waals surface area contributed by atoms with E-state index in [4.69, 9.17) is 4.43 Å². The third-order valence-corrected chi connectivity index (χ3v) is 3.14. The monoisotopic (exact) mass is 238 g/mol. The number of para-hydroxylation sites is 1. The number of hydrogen-bond acceptors (Lipinski definition) is 2. The van der Waals surface area contributed by atoms with Crippen molar-refractivity contribution >= 4 is 9.04 Å². The molecule has 0 saturated heterocycles. The molecule has 0 heterocycles. The number of aliphatic hydroxyl groups is 1. The average molecular weight is 238 g/mol. The number of aliphatic hydroxyl groups excluding tert-OH is 1. The Labute approximate surface area is 100.0 Å². The Bertz CT molecular complexity index is 353. The highest BCUT2D eigenvalue weighted by Crippen LogP contribution is 2.34. The minimum absolute atomic E-state index is 0.0420. The second kappa shape index (κ2) is 5.02. The van der Waals surface area contributed by atoms with Crippen LogP contribution in [0.15, 0.2) is 18.2 Å². The van der Waals surface area contributed by atoms with Gasteiger partial charge in [0.2, 0.25) is 9.04 Å². The van der Waals surface area contributed by atoms with Crippen molar-refractivity contribution in [2.75, 3.05) is 0 Å². The Balaban J connectivity index is 3.26. The molecule has 0 bridgehead atoms. The van der Waals surface area contributed by atoms with E-state index < -0.39 is 9.04 Å². The minimum atomic E-state index is -1.15. The second-order valence-electron chi connectivity index (χ2n) is 5.37. The van der Waals surface area contributed by atoms with Gasteiger partial charge in [0.15, 0.2) is 0 Å². The van der Waals surface area contributed by atoms with E-state index in [0.717, 1.165) is 11.3 Å². The summed E-state index contributed by atoms with van der Waals surface area (Å²) in [5, 5.41) is 9.36. The van der Waals surface area contributed by atoms with Gasteiger partial charge in [-0.25, -0.2) is 0 Å². The molecule has 0 aliphatic rings. The number of hydrogen-bond donors (Lipinski definition) is 1. The number of benzene rings is 1. The Morgan fingerprint density at radius 3 is 2.31 bits per heavy atom. The molecule has 0 radical (unpaired) electrons. The minimum Gasteiger partial charge on any atom is -0.547 e. The summed E-state index contributed by atoms with van der Waals surface area (Å²) in [7, 11) is -1.15. The summed E-state index contributed by atoms with van der Waals surface area (Å²) >= 11 is 0. The van der Waals surface area contributed by atoms with E-state index >= 15 is 0 Å². The fourth-order valence-corrected chi connectivity index (χ4v) is 2.42. The molecule has 2 nitrogen and oxygen atoms in total. The van der Waals surface area contributed by atoms with Crippen molar-refractivity contribution < 1.29 is 9.53 Å². The van der Waals surface area contributed by atoms with Crippen molar-refractivity contribution in [1.82, 2.24) is 0 Å². The molecule has 16 heavy (non-hydrogen) atoms. The van der Waals surface area contributed by atoms with Crippen LogP contribution in [-0.2, 0) is 12.0 Å². The average Bonchev–Trinajstić information content (AvgIpc) is 2.15. The summed E-state index contributed by atoms with van der Waals surface area (Å²) in [6.07, 6.45) is 0. The van der Waals surface area contributed by atoms with Crippen molar-refractivity contribution in [2.24, 2.45) is 0 Å². The summed E-state index contributed by atoms with van der Waals surface area (Å²) in [5.41, 5.74) is 2.12. The zero-order valence-corrected chi connectivity index (χ0v) is 12.0. The lowest BCUT2D eigenvalue weighted by Gasteiger charge is -2.26. The first-order valence-corrected chi connectivity index (χ1v) is 8.54. The van der Waals surface area contributed by atoms with Crippen molar-refractivity contribution in [3.63, 3.8) is 0 Å². The fraction of sp³-hybridized carbons (Fsp3) is 0.538. The third kappa shape index (κ3) is 3.09. The van der Waals surface area contributed by atoms with E-state index in [9.17, 15) is 5.11 Å². The molecule has 0 aliphatic heterocycles.